The molecule has 1 saturated heterocycles. The number of nitrogens with zero attached hydrogens (tertiary/aromatic N) is 1. The fraction of sp³-hybridized carbons (Fsp3) is 0.538. The van der Waals surface area contributed by atoms with Crippen molar-refractivity contribution in [3.8, 4) is 5.75 Å². The molecule has 1 aromatic rings. The molecule has 0 aromatic heterocycles. The third-order valence-corrected chi connectivity index (χ3v) is 3.14. The second-order valence-corrected chi connectivity index (χ2v) is 4.46. The number of nitrogens with one attached hydrogen (secondary N) is 1. The van der Waals surface area contributed by atoms with Crippen molar-refractivity contribution < 1.29 is 5.11 Å². The van der Waals surface area contributed by atoms with Crippen LogP contribution in [-0.4, -0.2) is 23.2 Å². The number of benzene rings is 1. The van der Waals surface area contributed by atoms with Crippen LogP contribution >= 0.6 is 0 Å². The Morgan fingerprint density at radius 2 is 1.88 bits per heavy atom. The molecule has 0 spiro atoms. The van der Waals surface area contributed by atoms with E-state index in [4.69, 9.17) is 0 Å². The first-order chi connectivity index (χ1) is 7.77. The summed E-state index contributed by atoms with van der Waals surface area (Å²) < 4.78 is 0. The van der Waals surface area contributed by atoms with Gasteiger partial charge in [-0.25, -0.2) is 10.4 Å². The third-order valence-electron chi connectivity index (χ3n) is 3.14. The lowest BCUT2D eigenvalue weighted by Gasteiger charge is -2.30. The summed E-state index contributed by atoms with van der Waals surface area (Å²) in [5.41, 5.74) is 4.42. The molecule has 1 atom stereocenters. The first-order valence-electron chi connectivity index (χ1n) is 6.06. The highest BCUT2D eigenvalue weighted by atomic mass is 16.3. The smallest absolute Gasteiger partial charge is 0.120 e. The maximum Gasteiger partial charge on any atom is 0.120 e. The molecule has 2 N–H and O–H groups in total. The standard InChI is InChI=1S/C13H20N2O/c1-11(12-7-3-4-8-13(12)16)14-15-9-5-2-6-10-15/h3-4,7-8,11,14,16H,2,5-6,9-10H2,1H3. The number of piperidine rings is 1. The monoisotopic (exact) mass is 220 g/mol. The lowest BCUT2D eigenvalue weighted by molar-refractivity contribution is 0.132. The van der Waals surface area contributed by atoms with Crippen molar-refractivity contribution >= 4 is 0 Å². The molecule has 2 rings (SSSR count). The minimum Gasteiger partial charge on any atom is -0.508 e. The third kappa shape index (κ3) is 2.74. The predicted octanol–water partition coefficient (Wildman–Crippen LogP) is 2.44. The van der Waals surface area contributed by atoms with E-state index >= 15 is 0 Å². The molecule has 1 aromatic carbocycles. The van der Waals surface area contributed by atoms with E-state index < -0.39 is 0 Å². The highest BCUT2D eigenvalue weighted by molar-refractivity contribution is 5.33. The molecule has 3 heteroatoms. The van der Waals surface area contributed by atoms with Gasteiger partial charge in [-0.05, 0) is 25.8 Å². The Labute approximate surface area is 97.1 Å². The Bertz CT molecular complexity index is 334. The molecule has 1 aliphatic rings. The second kappa shape index (κ2) is 5.32. The fourth-order valence-corrected chi connectivity index (χ4v) is 2.22. The van der Waals surface area contributed by atoms with Crippen LogP contribution in [0.5, 0.6) is 5.75 Å². The van der Waals surface area contributed by atoms with Crippen molar-refractivity contribution in [2.75, 3.05) is 13.1 Å². The molecule has 88 valence electrons. The van der Waals surface area contributed by atoms with Crippen LogP contribution in [0.3, 0.4) is 0 Å². The molecule has 0 radical (unpaired) electrons. The summed E-state index contributed by atoms with van der Waals surface area (Å²) >= 11 is 0. The van der Waals surface area contributed by atoms with Gasteiger partial charge in [0, 0.05) is 24.7 Å². The lowest BCUT2D eigenvalue weighted by Crippen LogP contribution is -2.42. The number of aromatic hydroxyl groups is 1. The average molecular weight is 220 g/mol. The molecule has 1 unspecified atom stereocenters. The Morgan fingerprint density at radius 1 is 1.19 bits per heavy atom. The Balaban J connectivity index is 1.96. The van der Waals surface area contributed by atoms with E-state index in [0.717, 1.165) is 18.7 Å². The fourth-order valence-electron chi connectivity index (χ4n) is 2.22. The van der Waals surface area contributed by atoms with Gasteiger partial charge in [-0.1, -0.05) is 24.6 Å². The molecule has 1 aliphatic heterocycles. The molecule has 0 amide bonds. The predicted molar refractivity (Wildman–Crippen MR) is 65.1 cm³/mol. The van der Waals surface area contributed by atoms with Gasteiger partial charge >= 0.3 is 0 Å². The van der Waals surface area contributed by atoms with Gasteiger partial charge in [0.05, 0.1) is 0 Å². The van der Waals surface area contributed by atoms with Gasteiger partial charge in [-0.2, -0.15) is 0 Å². The molecule has 1 fully saturated rings. The molecule has 0 aliphatic carbocycles. The zero-order valence-corrected chi connectivity index (χ0v) is 9.82. The molecular weight excluding hydrogens is 200 g/mol. The molecule has 1 heterocycles. The van der Waals surface area contributed by atoms with E-state index in [1.165, 1.54) is 19.3 Å². The maximum absolute atomic E-state index is 9.75. The lowest BCUT2D eigenvalue weighted by atomic mass is 10.1. The summed E-state index contributed by atoms with van der Waals surface area (Å²) in [6, 6.07) is 7.69. The molecule has 0 bridgehead atoms. The largest absolute Gasteiger partial charge is 0.508 e. The summed E-state index contributed by atoms with van der Waals surface area (Å²) in [7, 11) is 0. The van der Waals surface area contributed by atoms with E-state index in [1.807, 2.05) is 18.2 Å². The highest BCUT2D eigenvalue weighted by Crippen LogP contribution is 2.23. The zero-order chi connectivity index (χ0) is 11.4. The van der Waals surface area contributed by atoms with Gasteiger partial charge in [-0.3, -0.25) is 0 Å². The van der Waals surface area contributed by atoms with Crippen LogP contribution in [0, 0.1) is 0 Å². The SMILES string of the molecule is CC(NN1CCCCC1)c1ccccc1O. The van der Waals surface area contributed by atoms with E-state index in [2.05, 4.69) is 17.4 Å². The van der Waals surface area contributed by atoms with Crippen LogP contribution < -0.4 is 5.43 Å². The van der Waals surface area contributed by atoms with E-state index in [-0.39, 0.29) is 6.04 Å². The topological polar surface area (TPSA) is 35.5 Å². The van der Waals surface area contributed by atoms with Crippen molar-refractivity contribution in [3.63, 3.8) is 0 Å². The summed E-state index contributed by atoms with van der Waals surface area (Å²) in [5.74, 6) is 0.375. The number of phenols is 1. The molecule has 16 heavy (non-hydrogen) atoms. The van der Waals surface area contributed by atoms with Crippen LogP contribution in [0.1, 0.15) is 37.8 Å². The summed E-state index contributed by atoms with van der Waals surface area (Å²) in [5, 5.41) is 12.0. The average Bonchev–Trinajstić information content (AvgIpc) is 2.31. The van der Waals surface area contributed by atoms with E-state index in [0.29, 0.717) is 5.75 Å². The quantitative estimate of drug-likeness (QED) is 0.821. The number of para-hydroxylation sites is 1. The Morgan fingerprint density at radius 3 is 2.56 bits per heavy atom. The van der Waals surface area contributed by atoms with Gasteiger partial charge in [0.1, 0.15) is 5.75 Å². The minimum atomic E-state index is 0.166. The maximum atomic E-state index is 9.75. The zero-order valence-electron chi connectivity index (χ0n) is 9.82. The van der Waals surface area contributed by atoms with Crippen molar-refractivity contribution in [3.05, 3.63) is 29.8 Å². The first kappa shape index (κ1) is 11.4. The van der Waals surface area contributed by atoms with Crippen molar-refractivity contribution in [2.24, 2.45) is 0 Å². The van der Waals surface area contributed by atoms with Crippen LogP contribution in [0.25, 0.3) is 0 Å². The van der Waals surface area contributed by atoms with Crippen LogP contribution in [-0.2, 0) is 0 Å². The van der Waals surface area contributed by atoms with Crippen molar-refractivity contribution in [2.45, 2.75) is 32.2 Å². The van der Waals surface area contributed by atoms with Gasteiger partial charge in [0.15, 0.2) is 0 Å². The van der Waals surface area contributed by atoms with Gasteiger partial charge in [0.2, 0.25) is 0 Å². The minimum absolute atomic E-state index is 0.166. The number of hydrogen-bond donors (Lipinski definition) is 2. The Kier molecular flexibility index (Phi) is 3.80. The molecular formula is C13H20N2O. The van der Waals surface area contributed by atoms with Gasteiger partial charge in [-0.15, -0.1) is 0 Å². The van der Waals surface area contributed by atoms with Crippen LogP contribution in [0.4, 0.5) is 0 Å². The summed E-state index contributed by atoms with van der Waals surface area (Å²) in [6.45, 7) is 4.31. The number of hydrogen-bond acceptors (Lipinski definition) is 3. The second-order valence-electron chi connectivity index (χ2n) is 4.46. The highest BCUT2D eigenvalue weighted by Gasteiger charge is 2.15. The molecule has 3 nitrogen and oxygen atoms in total. The van der Waals surface area contributed by atoms with E-state index in [9.17, 15) is 5.11 Å². The normalized spacial score (nSPS) is 19.6. The van der Waals surface area contributed by atoms with Crippen molar-refractivity contribution in [1.29, 1.82) is 0 Å². The molecule has 0 saturated carbocycles. The summed E-state index contributed by atoms with van der Waals surface area (Å²) in [4.78, 5) is 0. The van der Waals surface area contributed by atoms with Gasteiger partial charge < -0.3 is 5.11 Å². The first-order valence-corrected chi connectivity index (χ1v) is 6.06. The number of rotatable bonds is 3. The summed E-state index contributed by atoms with van der Waals surface area (Å²) in [6.07, 6.45) is 3.87. The van der Waals surface area contributed by atoms with Crippen LogP contribution in [0.15, 0.2) is 24.3 Å². The number of phenolic OH excluding ortho intramolecular Hbond substituents is 1. The Hall–Kier alpha value is -1.06. The van der Waals surface area contributed by atoms with Crippen molar-refractivity contribution in [1.82, 2.24) is 10.4 Å². The van der Waals surface area contributed by atoms with Crippen LogP contribution in [0.2, 0.25) is 0 Å². The van der Waals surface area contributed by atoms with Gasteiger partial charge in [0.25, 0.3) is 0 Å². The number of hydrazine groups is 1. The van der Waals surface area contributed by atoms with E-state index in [1.54, 1.807) is 6.07 Å².